The van der Waals surface area contributed by atoms with Crippen molar-refractivity contribution in [3.63, 3.8) is 0 Å². The number of aromatic nitrogens is 1. The molecule has 0 spiro atoms. The van der Waals surface area contributed by atoms with Gasteiger partial charge in [0.15, 0.2) is 0 Å². The molecule has 0 aliphatic rings. The van der Waals surface area contributed by atoms with Crippen LogP contribution in [0.4, 0.5) is 4.39 Å². The van der Waals surface area contributed by atoms with Crippen molar-refractivity contribution in [1.82, 2.24) is 10.3 Å². The van der Waals surface area contributed by atoms with Crippen LogP contribution in [-0.2, 0) is 6.42 Å². The van der Waals surface area contributed by atoms with Crippen molar-refractivity contribution < 1.29 is 9.18 Å². The molecule has 0 unspecified atom stereocenters. The molecule has 0 aliphatic heterocycles. The van der Waals surface area contributed by atoms with E-state index in [1.54, 1.807) is 18.2 Å². The number of halogens is 3. The molecule has 2 rings (SSSR count). The Morgan fingerprint density at radius 3 is 2.75 bits per heavy atom. The summed E-state index contributed by atoms with van der Waals surface area (Å²) in [4.78, 5) is 15.2. The van der Waals surface area contributed by atoms with Gasteiger partial charge in [-0.3, -0.25) is 4.79 Å². The molecule has 0 bridgehead atoms. The van der Waals surface area contributed by atoms with Crippen molar-refractivity contribution >= 4 is 29.1 Å². The van der Waals surface area contributed by atoms with E-state index in [0.29, 0.717) is 23.0 Å². The first-order valence-electron chi connectivity index (χ1n) is 5.91. The molecule has 0 saturated heterocycles. The van der Waals surface area contributed by atoms with E-state index < -0.39 is 11.9 Å². The van der Waals surface area contributed by atoms with Crippen LogP contribution in [0.5, 0.6) is 0 Å². The van der Waals surface area contributed by atoms with Crippen LogP contribution in [0.15, 0.2) is 36.4 Å². The molecule has 1 aromatic heterocycles. The van der Waals surface area contributed by atoms with Crippen LogP contribution in [-0.4, -0.2) is 17.4 Å². The third kappa shape index (κ3) is 3.92. The predicted octanol–water partition coefficient (Wildman–Crippen LogP) is 3.50. The fraction of sp³-hybridized carbons (Fsp3) is 0.143. The summed E-state index contributed by atoms with van der Waals surface area (Å²) < 4.78 is 12.9. The van der Waals surface area contributed by atoms with Gasteiger partial charge < -0.3 is 5.32 Å². The lowest BCUT2D eigenvalue weighted by Gasteiger charge is -2.06. The largest absolute Gasteiger partial charge is 0.350 e. The number of hydrogen-bond donors (Lipinski definition) is 1. The predicted molar refractivity (Wildman–Crippen MR) is 76.7 cm³/mol. The second kappa shape index (κ2) is 6.68. The zero-order valence-corrected chi connectivity index (χ0v) is 11.9. The van der Waals surface area contributed by atoms with Gasteiger partial charge in [-0.15, -0.1) is 0 Å². The highest BCUT2D eigenvalue weighted by Crippen LogP contribution is 2.21. The van der Waals surface area contributed by atoms with Crippen LogP contribution < -0.4 is 5.32 Å². The summed E-state index contributed by atoms with van der Waals surface area (Å²) in [5.41, 5.74) is 0.927. The van der Waals surface area contributed by atoms with E-state index in [2.05, 4.69) is 10.3 Å². The minimum Gasteiger partial charge on any atom is -0.350 e. The van der Waals surface area contributed by atoms with Gasteiger partial charge in [0.2, 0.25) is 5.95 Å². The lowest BCUT2D eigenvalue weighted by atomic mass is 10.1. The number of nitrogens with zero attached hydrogens (tertiary/aromatic N) is 1. The number of carbonyl (C=O) groups is 1. The monoisotopic (exact) mass is 312 g/mol. The van der Waals surface area contributed by atoms with Gasteiger partial charge in [0, 0.05) is 16.6 Å². The van der Waals surface area contributed by atoms with Crippen LogP contribution in [0.2, 0.25) is 10.0 Å². The van der Waals surface area contributed by atoms with Crippen LogP contribution in [0, 0.1) is 5.95 Å². The molecule has 1 amide bonds. The minimum absolute atomic E-state index is 0.0483. The van der Waals surface area contributed by atoms with Gasteiger partial charge in [0.25, 0.3) is 5.91 Å². The molecular formula is C14H11Cl2FN2O. The summed E-state index contributed by atoms with van der Waals surface area (Å²) in [5, 5.41) is 3.77. The Bertz CT molecular complexity index is 634. The second-order valence-corrected chi connectivity index (χ2v) is 4.93. The third-order valence-electron chi connectivity index (χ3n) is 2.64. The number of rotatable bonds is 4. The van der Waals surface area contributed by atoms with E-state index in [0.717, 1.165) is 5.56 Å². The SMILES string of the molecule is O=C(NCCc1ccc(Cl)cc1Cl)c1cccc(F)n1. The Labute approximate surface area is 125 Å². The van der Waals surface area contributed by atoms with Crippen LogP contribution >= 0.6 is 23.2 Å². The van der Waals surface area contributed by atoms with Crippen molar-refractivity contribution in [2.75, 3.05) is 6.54 Å². The van der Waals surface area contributed by atoms with Crippen LogP contribution in [0.3, 0.4) is 0 Å². The molecule has 2 aromatic rings. The van der Waals surface area contributed by atoms with Crippen molar-refractivity contribution in [2.24, 2.45) is 0 Å². The van der Waals surface area contributed by atoms with Gasteiger partial charge in [-0.05, 0) is 36.2 Å². The van der Waals surface area contributed by atoms with E-state index in [9.17, 15) is 9.18 Å². The van der Waals surface area contributed by atoms with E-state index in [-0.39, 0.29) is 5.69 Å². The van der Waals surface area contributed by atoms with Crippen molar-refractivity contribution in [3.8, 4) is 0 Å². The maximum Gasteiger partial charge on any atom is 0.270 e. The fourth-order valence-electron chi connectivity index (χ4n) is 1.66. The third-order valence-corrected chi connectivity index (χ3v) is 3.23. The number of benzene rings is 1. The van der Waals surface area contributed by atoms with E-state index in [1.165, 1.54) is 18.2 Å². The van der Waals surface area contributed by atoms with Gasteiger partial charge in [-0.2, -0.15) is 4.39 Å². The maximum absolute atomic E-state index is 12.9. The zero-order chi connectivity index (χ0) is 14.5. The smallest absolute Gasteiger partial charge is 0.270 e. The molecule has 0 radical (unpaired) electrons. The van der Waals surface area contributed by atoms with Gasteiger partial charge in [-0.25, -0.2) is 4.98 Å². The van der Waals surface area contributed by atoms with Gasteiger partial charge in [-0.1, -0.05) is 35.3 Å². The van der Waals surface area contributed by atoms with Crippen molar-refractivity contribution in [2.45, 2.75) is 6.42 Å². The Balaban J connectivity index is 1.91. The van der Waals surface area contributed by atoms with E-state index in [1.807, 2.05) is 0 Å². The van der Waals surface area contributed by atoms with Gasteiger partial charge >= 0.3 is 0 Å². The molecular weight excluding hydrogens is 302 g/mol. The summed E-state index contributed by atoms with van der Waals surface area (Å²) in [7, 11) is 0. The lowest BCUT2D eigenvalue weighted by Crippen LogP contribution is -2.26. The molecule has 1 N–H and O–H groups in total. The fourth-order valence-corrected chi connectivity index (χ4v) is 2.16. The average molecular weight is 313 g/mol. The minimum atomic E-state index is -0.682. The molecule has 104 valence electrons. The lowest BCUT2D eigenvalue weighted by molar-refractivity contribution is 0.0948. The van der Waals surface area contributed by atoms with E-state index in [4.69, 9.17) is 23.2 Å². The average Bonchev–Trinajstić information content (AvgIpc) is 2.41. The van der Waals surface area contributed by atoms with Gasteiger partial charge in [0.05, 0.1) is 0 Å². The Hall–Kier alpha value is -1.65. The highest BCUT2D eigenvalue weighted by atomic mass is 35.5. The molecule has 6 heteroatoms. The first-order valence-corrected chi connectivity index (χ1v) is 6.66. The Morgan fingerprint density at radius 2 is 2.05 bits per heavy atom. The summed E-state index contributed by atoms with van der Waals surface area (Å²) >= 11 is 11.8. The van der Waals surface area contributed by atoms with Crippen LogP contribution in [0.25, 0.3) is 0 Å². The number of nitrogens with one attached hydrogen (secondary N) is 1. The highest BCUT2D eigenvalue weighted by Gasteiger charge is 2.08. The summed E-state index contributed by atoms with van der Waals surface area (Å²) in [6.45, 7) is 0.373. The number of amides is 1. The molecule has 0 aliphatic carbocycles. The molecule has 0 atom stereocenters. The van der Waals surface area contributed by atoms with E-state index >= 15 is 0 Å². The second-order valence-electron chi connectivity index (χ2n) is 4.09. The Kier molecular flexibility index (Phi) is 4.93. The molecule has 1 aromatic carbocycles. The van der Waals surface area contributed by atoms with Crippen molar-refractivity contribution in [1.29, 1.82) is 0 Å². The number of carbonyl (C=O) groups excluding carboxylic acids is 1. The topological polar surface area (TPSA) is 42.0 Å². The summed E-state index contributed by atoms with van der Waals surface area (Å²) in [6.07, 6.45) is 0.553. The summed E-state index contributed by atoms with van der Waals surface area (Å²) in [6, 6.07) is 9.26. The molecule has 0 saturated carbocycles. The van der Waals surface area contributed by atoms with Gasteiger partial charge in [0.1, 0.15) is 5.69 Å². The van der Waals surface area contributed by atoms with Crippen LogP contribution in [0.1, 0.15) is 16.1 Å². The number of pyridine rings is 1. The first-order chi connectivity index (χ1) is 9.56. The summed E-state index contributed by atoms with van der Waals surface area (Å²) in [5.74, 6) is -1.10. The molecule has 20 heavy (non-hydrogen) atoms. The molecule has 0 fully saturated rings. The standard InChI is InChI=1S/C14H11Cl2FN2O/c15-10-5-4-9(11(16)8-10)6-7-18-14(20)12-2-1-3-13(17)19-12/h1-5,8H,6-7H2,(H,18,20). The maximum atomic E-state index is 12.9. The Morgan fingerprint density at radius 1 is 1.25 bits per heavy atom. The highest BCUT2D eigenvalue weighted by molar-refractivity contribution is 6.35. The van der Waals surface area contributed by atoms with Crippen molar-refractivity contribution in [3.05, 3.63) is 63.6 Å². The number of hydrogen-bond acceptors (Lipinski definition) is 2. The molecule has 1 heterocycles. The molecule has 3 nitrogen and oxygen atoms in total. The normalized spacial score (nSPS) is 10.3. The zero-order valence-electron chi connectivity index (χ0n) is 10.4. The quantitative estimate of drug-likeness (QED) is 0.878. The first kappa shape index (κ1) is 14.8.